The van der Waals surface area contributed by atoms with Crippen molar-refractivity contribution in [2.24, 2.45) is 0 Å². The van der Waals surface area contributed by atoms with Gasteiger partial charge >= 0.3 is 5.91 Å². The lowest BCUT2D eigenvalue weighted by atomic mass is 9.95. The Kier molecular flexibility index (Phi) is 5.97. The number of aliphatic hydroxyl groups excluding tert-OH is 1. The van der Waals surface area contributed by atoms with Crippen molar-refractivity contribution in [1.29, 1.82) is 0 Å². The molecule has 2 aliphatic rings. The van der Waals surface area contributed by atoms with Gasteiger partial charge in [0.1, 0.15) is 24.7 Å². The van der Waals surface area contributed by atoms with Gasteiger partial charge in [-0.1, -0.05) is 23.5 Å². The highest BCUT2D eigenvalue weighted by molar-refractivity contribution is 7.18. The Morgan fingerprint density at radius 3 is 2.44 bits per heavy atom. The molecule has 1 N–H and O–H groups in total. The van der Waals surface area contributed by atoms with E-state index in [1.165, 1.54) is 18.9 Å². The minimum atomic E-state index is -0.977. The molecule has 1 fully saturated rings. The van der Waals surface area contributed by atoms with Gasteiger partial charge in [-0.15, -0.1) is 0 Å². The molecule has 5 rings (SSSR count). The minimum absolute atomic E-state index is 0.0981. The van der Waals surface area contributed by atoms with E-state index < -0.39 is 17.7 Å². The van der Waals surface area contributed by atoms with Crippen molar-refractivity contribution >= 4 is 39.7 Å². The number of hydrogen-bond donors (Lipinski definition) is 1. The highest BCUT2D eigenvalue weighted by Crippen LogP contribution is 2.45. The fourth-order valence-corrected chi connectivity index (χ4v) is 5.28. The lowest BCUT2D eigenvalue weighted by molar-refractivity contribution is -0.132. The summed E-state index contributed by atoms with van der Waals surface area (Å²) in [6.07, 6.45) is 0. The van der Waals surface area contributed by atoms with Crippen molar-refractivity contribution in [3.05, 3.63) is 69.7 Å². The number of carbonyl (C=O) groups excluding carboxylic acids is 3. The van der Waals surface area contributed by atoms with E-state index in [1.807, 2.05) is 0 Å². The number of aryl methyl sites for hydroxylation is 1. The van der Waals surface area contributed by atoms with Crippen LogP contribution in [-0.2, 0) is 9.59 Å². The number of aromatic nitrogens is 1. The fourth-order valence-electron chi connectivity index (χ4n) is 4.29. The second-order valence-electron chi connectivity index (χ2n) is 8.27. The van der Waals surface area contributed by atoms with Crippen LogP contribution in [0.15, 0.2) is 48.0 Å². The number of carbonyl (C=O) groups is 3. The average Bonchev–Trinajstić information content (AvgIpc) is 3.40. The zero-order valence-corrected chi connectivity index (χ0v) is 20.5. The molecule has 2 aromatic carbocycles. The third kappa shape index (κ3) is 3.89. The second-order valence-corrected chi connectivity index (χ2v) is 9.25. The van der Waals surface area contributed by atoms with Gasteiger partial charge in [0.15, 0.2) is 22.4 Å². The molecule has 9 nitrogen and oxygen atoms in total. The van der Waals surface area contributed by atoms with Gasteiger partial charge in [0.2, 0.25) is 0 Å². The number of Topliss-reactive ketones (excluding diaryl/α,β-unsaturated/α-hetero) is 2. The van der Waals surface area contributed by atoms with E-state index in [2.05, 4.69) is 4.98 Å². The lowest BCUT2D eigenvalue weighted by Gasteiger charge is -2.23. The summed E-state index contributed by atoms with van der Waals surface area (Å²) in [6, 6.07) is 10.7. The number of anilines is 1. The normalized spacial score (nSPS) is 18.4. The van der Waals surface area contributed by atoms with Crippen LogP contribution in [0.5, 0.6) is 17.2 Å². The van der Waals surface area contributed by atoms with E-state index in [9.17, 15) is 19.5 Å². The van der Waals surface area contributed by atoms with Crippen molar-refractivity contribution in [3.63, 3.8) is 0 Å². The number of nitrogens with zero attached hydrogens (tertiary/aromatic N) is 2. The van der Waals surface area contributed by atoms with Crippen molar-refractivity contribution in [1.82, 2.24) is 4.98 Å². The number of rotatable bonds is 5. The van der Waals surface area contributed by atoms with Gasteiger partial charge in [0, 0.05) is 12.5 Å². The van der Waals surface area contributed by atoms with E-state index >= 15 is 0 Å². The summed E-state index contributed by atoms with van der Waals surface area (Å²) in [7, 11) is 1.53. The Morgan fingerprint density at radius 1 is 1.11 bits per heavy atom. The first-order valence-corrected chi connectivity index (χ1v) is 11.9. The van der Waals surface area contributed by atoms with Gasteiger partial charge in [-0.3, -0.25) is 19.3 Å². The Hall–Kier alpha value is -4.18. The van der Waals surface area contributed by atoms with Crippen LogP contribution in [0.3, 0.4) is 0 Å². The highest BCUT2D eigenvalue weighted by Gasteiger charge is 2.48. The van der Waals surface area contributed by atoms with Gasteiger partial charge in [-0.05, 0) is 42.8 Å². The molecule has 0 radical (unpaired) electrons. The van der Waals surface area contributed by atoms with Crippen LogP contribution in [0.2, 0.25) is 0 Å². The van der Waals surface area contributed by atoms with Crippen LogP contribution in [0.1, 0.15) is 39.5 Å². The average molecular weight is 507 g/mol. The molecule has 184 valence electrons. The number of benzene rings is 2. The zero-order chi connectivity index (χ0) is 25.6. The van der Waals surface area contributed by atoms with E-state index in [0.717, 1.165) is 11.3 Å². The molecule has 1 amide bonds. The number of methoxy groups -OCH3 is 1. The van der Waals surface area contributed by atoms with Crippen LogP contribution < -0.4 is 19.1 Å². The second kappa shape index (κ2) is 9.12. The number of amides is 1. The van der Waals surface area contributed by atoms with Crippen LogP contribution in [-0.4, -0.2) is 47.9 Å². The van der Waals surface area contributed by atoms with E-state index in [4.69, 9.17) is 14.2 Å². The number of aliphatic hydroxyl groups is 1. The summed E-state index contributed by atoms with van der Waals surface area (Å²) in [4.78, 5) is 44.8. The highest BCUT2D eigenvalue weighted by atomic mass is 32.1. The maximum atomic E-state index is 13.3. The van der Waals surface area contributed by atoms with Gasteiger partial charge < -0.3 is 19.3 Å². The molecule has 0 bridgehead atoms. The van der Waals surface area contributed by atoms with E-state index in [1.54, 1.807) is 49.4 Å². The van der Waals surface area contributed by atoms with Crippen LogP contribution in [0, 0.1) is 6.92 Å². The van der Waals surface area contributed by atoms with Gasteiger partial charge in [0.05, 0.1) is 29.3 Å². The topological polar surface area (TPSA) is 115 Å². The first-order chi connectivity index (χ1) is 17.3. The molecule has 0 saturated carbocycles. The minimum Gasteiger partial charge on any atom is -0.507 e. The van der Waals surface area contributed by atoms with Gasteiger partial charge in [-0.25, -0.2) is 4.98 Å². The molecule has 0 aliphatic carbocycles. The molecule has 1 atom stereocenters. The van der Waals surface area contributed by atoms with Crippen molar-refractivity contribution < 1.29 is 33.7 Å². The number of ketones is 2. The Bertz CT molecular complexity index is 1420. The smallest absolute Gasteiger partial charge is 0.301 e. The standard InChI is InChI=1S/C26H22N2O7S/c1-13-24(14(2)29)36-26(27-13)28-21(15-4-7-17(33-3)8-5-15)20(23(31)25(28)32)22(30)16-6-9-18-19(12-16)35-11-10-34-18/h4-9,12,21,30H,10-11H2,1-3H3/t21-/m1/s1. The molecule has 1 saturated heterocycles. The summed E-state index contributed by atoms with van der Waals surface area (Å²) in [6.45, 7) is 3.86. The molecule has 1 aromatic heterocycles. The molecule has 10 heteroatoms. The van der Waals surface area contributed by atoms with Gasteiger partial charge in [0.25, 0.3) is 5.78 Å². The van der Waals surface area contributed by atoms with Crippen LogP contribution in [0.25, 0.3) is 5.76 Å². The molecule has 3 heterocycles. The largest absolute Gasteiger partial charge is 0.507 e. The first kappa shape index (κ1) is 23.6. The fraction of sp³-hybridized carbons (Fsp3) is 0.231. The SMILES string of the molecule is COc1ccc([C@@H]2C(=C(O)c3ccc4c(c3)OCCO4)C(=O)C(=O)N2c2nc(C)c(C(C)=O)s2)cc1. The van der Waals surface area contributed by atoms with Crippen LogP contribution in [0.4, 0.5) is 5.13 Å². The zero-order valence-electron chi connectivity index (χ0n) is 19.7. The number of ether oxygens (including phenoxy) is 3. The van der Waals surface area contributed by atoms with E-state index in [0.29, 0.717) is 52.2 Å². The Morgan fingerprint density at radius 2 is 1.81 bits per heavy atom. The first-order valence-electron chi connectivity index (χ1n) is 11.1. The third-order valence-corrected chi connectivity index (χ3v) is 7.26. The van der Waals surface area contributed by atoms with E-state index in [-0.39, 0.29) is 22.2 Å². The summed E-state index contributed by atoms with van der Waals surface area (Å²) >= 11 is 1.03. The summed E-state index contributed by atoms with van der Waals surface area (Å²) < 4.78 is 16.4. The molecule has 0 unspecified atom stereocenters. The van der Waals surface area contributed by atoms with Crippen molar-refractivity contribution in [2.45, 2.75) is 19.9 Å². The number of hydrogen-bond acceptors (Lipinski definition) is 9. The summed E-state index contributed by atoms with van der Waals surface area (Å²) in [5, 5.41) is 11.5. The van der Waals surface area contributed by atoms with Crippen LogP contribution >= 0.6 is 11.3 Å². The Labute approximate surface area is 210 Å². The van der Waals surface area contributed by atoms with Gasteiger partial charge in [-0.2, -0.15) is 0 Å². The third-order valence-electron chi connectivity index (χ3n) is 6.00. The molecule has 0 spiro atoms. The summed E-state index contributed by atoms with van der Waals surface area (Å²) in [5.41, 5.74) is 1.23. The Balaban J connectivity index is 1.69. The number of thiazole rings is 1. The maximum Gasteiger partial charge on any atom is 0.301 e. The molecular formula is C26H22N2O7S. The summed E-state index contributed by atoms with van der Waals surface area (Å²) in [5.74, 6) is -0.702. The lowest BCUT2D eigenvalue weighted by Crippen LogP contribution is -2.29. The molecule has 36 heavy (non-hydrogen) atoms. The molecule has 2 aliphatic heterocycles. The molecule has 3 aromatic rings. The number of fused-ring (bicyclic) bond motifs is 1. The van der Waals surface area contributed by atoms with Crippen molar-refractivity contribution in [2.75, 3.05) is 25.2 Å². The maximum absolute atomic E-state index is 13.3. The molecular weight excluding hydrogens is 484 g/mol. The van der Waals surface area contributed by atoms with Crippen molar-refractivity contribution in [3.8, 4) is 17.2 Å². The predicted octanol–water partition coefficient (Wildman–Crippen LogP) is 4.06. The quantitative estimate of drug-likeness (QED) is 0.238. The predicted molar refractivity (Wildman–Crippen MR) is 132 cm³/mol. The monoisotopic (exact) mass is 506 g/mol.